The number of furan rings is 1. The molecule has 2 aromatic rings. The zero-order chi connectivity index (χ0) is 13.7. The number of hydrogen-bond donors (Lipinski definition) is 0. The van der Waals surface area contributed by atoms with Crippen molar-refractivity contribution in [1.82, 2.24) is 0 Å². The minimum absolute atomic E-state index is 0.109. The van der Waals surface area contributed by atoms with Crippen molar-refractivity contribution >= 4 is 11.9 Å². The Balaban J connectivity index is 2.19. The summed E-state index contributed by atoms with van der Waals surface area (Å²) in [6.45, 7) is 0. The van der Waals surface area contributed by atoms with Crippen LogP contribution >= 0.6 is 0 Å². The molecule has 1 aromatic heterocycles. The van der Waals surface area contributed by atoms with E-state index in [1.807, 2.05) is 0 Å². The Bertz CT molecular complexity index is 582. The maximum Gasteiger partial charge on any atom is 0.185 e. The number of rotatable bonds is 5. The van der Waals surface area contributed by atoms with Crippen molar-refractivity contribution in [3.63, 3.8) is 0 Å². The predicted octanol–water partition coefficient (Wildman–Crippen LogP) is 3.19. The van der Waals surface area contributed by atoms with Gasteiger partial charge in [-0.05, 0) is 36.4 Å². The number of allylic oxidation sites excluding steroid dienone is 1. The van der Waals surface area contributed by atoms with Gasteiger partial charge >= 0.3 is 0 Å². The Morgan fingerprint density at radius 2 is 1.95 bits per heavy atom. The lowest BCUT2D eigenvalue weighted by Crippen LogP contribution is -1.97. The lowest BCUT2D eigenvalue weighted by molar-refractivity contribution is 0.104. The molecule has 19 heavy (non-hydrogen) atoms. The van der Waals surface area contributed by atoms with E-state index in [-0.39, 0.29) is 5.78 Å². The van der Waals surface area contributed by atoms with Crippen molar-refractivity contribution in [1.29, 1.82) is 0 Å². The van der Waals surface area contributed by atoms with E-state index in [1.54, 1.807) is 50.0 Å². The molecular weight excluding hydrogens is 244 g/mol. The first-order valence-electron chi connectivity index (χ1n) is 5.71. The van der Waals surface area contributed by atoms with Crippen LogP contribution in [-0.4, -0.2) is 20.0 Å². The largest absolute Gasteiger partial charge is 0.493 e. The third-order valence-electron chi connectivity index (χ3n) is 2.64. The van der Waals surface area contributed by atoms with Gasteiger partial charge in [0.25, 0.3) is 0 Å². The van der Waals surface area contributed by atoms with E-state index in [0.29, 0.717) is 17.1 Å². The molecule has 0 radical (unpaired) electrons. The van der Waals surface area contributed by atoms with E-state index in [4.69, 9.17) is 13.9 Å². The second-order valence-corrected chi connectivity index (χ2v) is 3.82. The van der Waals surface area contributed by atoms with E-state index in [9.17, 15) is 4.79 Å². The second-order valence-electron chi connectivity index (χ2n) is 3.82. The van der Waals surface area contributed by atoms with Crippen LogP contribution in [0, 0.1) is 0 Å². The summed E-state index contributed by atoms with van der Waals surface area (Å²) in [6, 6.07) is 6.83. The van der Waals surface area contributed by atoms with Gasteiger partial charge in [0.2, 0.25) is 0 Å². The van der Waals surface area contributed by atoms with Crippen molar-refractivity contribution in [3.05, 3.63) is 54.0 Å². The van der Waals surface area contributed by atoms with Gasteiger partial charge in [-0.15, -0.1) is 0 Å². The molecule has 0 saturated carbocycles. The fourth-order valence-electron chi connectivity index (χ4n) is 1.63. The third kappa shape index (κ3) is 3.04. The van der Waals surface area contributed by atoms with Crippen LogP contribution in [0.3, 0.4) is 0 Å². The Morgan fingerprint density at radius 3 is 2.58 bits per heavy atom. The summed E-state index contributed by atoms with van der Waals surface area (Å²) in [5, 5.41) is 0. The minimum atomic E-state index is -0.109. The molecule has 0 spiro atoms. The molecule has 0 atom stereocenters. The van der Waals surface area contributed by atoms with Crippen LogP contribution in [0.25, 0.3) is 6.08 Å². The smallest absolute Gasteiger partial charge is 0.185 e. The minimum Gasteiger partial charge on any atom is -0.493 e. The summed E-state index contributed by atoms with van der Waals surface area (Å²) >= 11 is 0. The highest BCUT2D eigenvalue weighted by molar-refractivity contribution is 6.07. The molecule has 0 aliphatic heterocycles. The van der Waals surface area contributed by atoms with Gasteiger partial charge in [-0.1, -0.05) is 0 Å². The number of hydrogen-bond acceptors (Lipinski definition) is 4. The zero-order valence-corrected chi connectivity index (χ0v) is 10.8. The van der Waals surface area contributed by atoms with Gasteiger partial charge in [0.15, 0.2) is 17.3 Å². The lowest BCUT2D eigenvalue weighted by Gasteiger charge is -2.07. The Morgan fingerprint density at radius 1 is 1.16 bits per heavy atom. The second kappa shape index (κ2) is 5.91. The van der Waals surface area contributed by atoms with Gasteiger partial charge in [-0.3, -0.25) is 4.79 Å². The van der Waals surface area contributed by atoms with Crippen molar-refractivity contribution in [2.75, 3.05) is 14.2 Å². The van der Waals surface area contributed by atoms with Crippen molar-refractivity contribution in [3.8, 4) is 11.5 Å². The van der Waals surface area contributed by atoms with E-state index in [0.717, 1.165) is 5.56 Å². The number of ketones is 1. The number of carbonyl (C=O) groups excluding carboxylic acids is 1. The summed E-state index contributed by atoms with van der Waals surface area (Å²) in [7, 11) is 3.09. The number of benzene rings is 1. The van der Waals surface area contributed by atoms with Crippen LogP contribution in [-0.2, 0) is 0 Å². The maximum absolute atomic E-state index is 12.0. The summed E-state index contributed by atoms with van der Waals surface area (Å²) in [4.78, 5) is 12.0. The van der Waals surface area contributed by atoms with Crippen LogP contribution in [0.5, 0.6) is 11.5 Å². The van der Waals surface area contributed by atoms with Gasteiger partial charge < -0.3 is 13.9 Å². The van der Waals surface area contributed by atoms with E-state index >= 15 is 0 Å². The Labute approximate surface area is 111 Å². The first kappa shape index (κ1) is 13.0. The highest BCUT2D eigenvalue weighted by atomic mass is 16.5. The van der Waals surface area contributed by atoms with Gasteiger partial charge in [-0.2, -0.15) is 0 Å². The molecule has 0 aliphatic carbocycles. The van der Waals surface area contributed by atoms with E-state index in [1.165, 1.54) is 13.2 Å². The molecule has 4 nitrogen and oxygen atoms in total. The van der Waals surface area contributed by atoms with E-state index < -0.39 is 0 Å². The van der Waals surface area contributed by atoms with Crippen LogP contribution in [0.15, 0.2) is 47.3 Å². The fourth-order valence-corrected chi connectivity index (χ4v) is 1.63. The van der Waals surface area contributed by atoms with Crippen LogP contribution in [0.1, 0.15) is 15.9 Å². The summed E-state index contributed by atoms with van der Waals surface area (Å²) in [6.07, 6.45) is 6.31. The van der Waals surface area contributed by atoms with E-state index in [2.05, 4.69) is 0 Å². The maximum atomic E-state index is 12.0. The Hall–Kier alpha value is -2.49. The quantitative estimate of drug-likeness (QED) is 0.610. The molecule has 1 heterocycles. The topological polar surface area (TPSA) is 48.7 Å². The number of methoxy groups -OCH3 is 2. The normalized spacial score (nSPS) is 10.6. The molecule has 2 rings (SSSR count). The molecule has 0 amide bonds. The molecule has 0 N–H and O–H groups in total. The molecule has 1 aromatic carbocycles. The fraction of sp³-hybridized carbons (Fsp3) is 0.133. The molecule has 98 valence electrons. The molecule has 0 bridgehead atoms. The Kier molecular flexibility index (Phi) is 4.03. The number of ether oxygens (including phenoxy) is 2. The lowest BCUT2D eigenvalue weighted by atomic mass is 10.1. The van der Waals surface area contributed by atoms with Crippen molar-refractivity contribution < 1.29 is 18.7 Å². The molecule has 0 aliphatic rings. The van der Waals surface area contributed by atoms with Gasteiger partial charge in [0.05, 0.1) is 26.7 Å². The first-order chi connectivity index (χ1) is 9.24. The average molecular weight is 258 g/mol. The SMILES string of the molecule is COc1ccc(C(=O)C=Cc2ccoc2)cc1OC. The van der Waals surface area contributed by atoms with Crippen molar-refractivity contribution in [2.24, 2.45) is 0 Å². The predicted molar refractivity (Wildman–Crippen MR) is 71.6 cm³/mol. The number of carbonyl (C=O) groups is 1. The summed E-state index contributed by atoms with van der Waals surface area (Å²) in [5.41, 5.74) is 1.38. The van der Waals surface area contributed by atoms with Crippen LogP contribution in [0.2, 0.25) is 0 Å². The summed E-state index contributed by atoms with van der Waals surface area (Å²) < 4.78 is 15.2. The van der Waals surface area contributed by atoms with Gasteiger partial charge in [-0.25, -0.2) is 0 Å². The standard InChI is InChI=1S/C15H14O4/c1-17-14-6-4-12(9-15(14)18-2)13(16)5-3-11-7-8-19-10-11/h3-10H,1-2H3. The highest BCUT2D eigenvalue weighted by Gasteiger charge is 2.08. The monoisotopic (exact) mass is 258 g/mol. The van der Waals surface area contributed by atoms with Crippen LogP contribution < -0.4 is 9.47 Å². The van der Waals surface area contributed by atoms with Gasteiger partial charge in [0, 0.05) is 11.1 Å². The average Bonchev–Trinajstić information content (AvgIpc) is 2.97. The van der Waals surface area contributed by atoms with Crippen molar-refractivity contribution in [2.45, 2.75) is 0 Å². The molecular formula is C15H14O4. The highest BCUT2D eigenvalue weighted by Crippen LogP contribution is 2.27. The third-order valence-corrected chi connectivity index (χ3v) is 2.64. The molecule has 4 heteroatoms. The zero-order valence-electron chi connectivity index (χ0n) is 10.8. The van der Waals surface area contributed by atoms with Gasteiger partial charge in [0.1, 0.15) is 0 Å². The molecule has 0 fully saturated rings. The molecule has 0 saturated heterocycles. The first-order valence-corrected chi connectivity index (χ1v) is 5.71. The molecule has 0 unspecified atom stereocenters. The summed E-state index contributed by atoms with van der Waals surface area (Å²) in [5.74, 6) is 1.02. The van der Waals surface area contributed by atoms with Crippen LogP contribution in [0.4, 0.5) is 0 Å².